The topological polar surface area (TPSA) is 339 Å². The number of aliphatic hydroxyl groups is 14. The monoisotopic (exact) mass is 810 g/mol. The fourth-order valence-corrected chi connectivity index (χ4v) is 6.12. The number of hydrogen-bond acceptors (Lipinski definition) is 20. The summed E-state index contributed by atoms with van der Waals surface area (Å²) >= 11 is 0. The van der Waals surface area contributed by atoms with Crippen molar-refractivity contribution in [2.24, 2.45) is 0 Å². The summed E-state index contributed by atoms with van der Waals surface area (Å²) in [6.45, 7) is 11.9. The van der Waals surface area contributed by atoms with Crippen LogP contribution in [0.2, 0.25) is 0 Å². The van der Waals surface area contributed by atoms with Crippen LogP contribution in [-0.2, 0) is 28.4 Å². The van der Waals surface area contributed by atoms with Gasteiger partial charge in [-0.05, 0) is 48.5 Å². The molecule has 21 atom stereocenters. The summed E-state index contributed by atoms with van der Waals surface area (Å²) in [7, 11) is 0. The van der Waals surface area contributed by atoms with E-state index in [2.05, 4.69) is 0 Å². The standard InChI is InChI=1S/2C6H12O4.3C6H12O3.C5H10O3/c2*1-3-5(8)6(9)4(2-7)10-3;1-4-6(8)2-5(3-7)9-4;1-4-2-5(8)6(3-7)9-4;1-3-5(7)6(8)4(2)9-3;1-3-5(7)4(6)2-8-3/h2*3-9H,2H2,1H3;2*4-8H,2-3H2,1H3;3-8H,1-2H3;3-7H,2H2,1H3/t3?,4-,5+,6+;3?,4-,5+,6-;2*4?,5-,6+;3-,4?,5-,6+;3?,4-,5+/m001100/s1. The van der Waals surface area contributed by atoms with Gasteiger partial charge in [0.2, 0.25) is 0 Å². The van der Waals surface area contributed by atoms with E-state index in [4.69, 9.17) is 99.9 Å². The summed E-state index contributed by atoms with van der Waals surface area (Å²) in [6, 6.07) is 0. The van der Waals surface area contributed by atoms with Crippen LogP contribution in [-0.4, -0.2) is 233 Å². The van der Waals surface area contributed by atoms with Crippen molar-refractivity contribution in [3.63, 3.8) is 0 Å². The minimum absolute atomic E-state index is 0.0153. The first-order valence-corrected chi connectivity index (χ1v) is 18.8. The van der Waals surface area contributed by atoms with Crippen LogP contribution >= 0.6 is 0 Å². The fraction of sp³-hybridized carbons (Fsp3) is 1.00. The minimum atomic E-state index is -0.944. The molecule has 6 aliphatic heterocycles. The molecule has 6 fully saturated rings. The first kappa shape index (κ1) is 52.2. The van der Waals surface area contributed by atoms with Crippen LogP contribution in [0, 0.1) is 0 Å². The summed E-state index contributed by atoms with van der Waals surface area (Å²) in [5, 5.41) is 125. The molecule has 0 saturated carbocycles. The Morgan fingerprint density at radius 3 is 0.927 bits per heavy atom. The Balaban J connectivity index is 0.000000330. The molecule has 6 heterocycles. The molecule has 14 N–H and O–H groups in total. The Morgan fingerprint density at radius 2 is 0.782 bits per heavy atom. The zero-order chi connectivity index (χ0) is 42.3. The molecule has 6 unspecified atom stereocenters. The van der Waals surface area contributed by atoms with Gasteiger partial charge in [0.1, 0.15) is 67.1 Å². The lowest BCUT2D eigenvalue weighted by Gasteiger charge is -2.10. The smallest absolute Gasteiger partial charge is 0.111 e. The van der Waals surface area contributed by atoms with E-state index in [0.717, 1.165) is 0 Å². The normalized spacial score (nSPS) is 47.2. The predicted octanol–water partition coefficient (Wildman–Crippen LogP) is -5.35. The van der Waals surface area contributed by atoms with Gasteiger partial charge in [-0.1, -0.05) is 0 Å². The van der Waals surface area contributed by atoms with Crippen LogP contribution in [0.3, 0.4) is 0 Å². The van der Waals surface area contributed by atoms with E-state index >= 15 is 0 Å². The van der Waals surface area contributed by atoms with Crippen LogP contribution in [0.15, 0.2) is 0 Å². The van der Waals surface area contributed by atoms with Gasteiger partial charge < -0.3 is 99.9 Å². The van der Waals surface area contributed by atoms with Gasteiger partial charge in [0, 0.05) is 12.8 Å². The Morgan fingerprint density at radius 1 is 0.364 bits per heavy atom. The van der Waals surface area contributed by atoms with E-state index in [1.807, 2.05) is 6.92 Å². The molecule has 330 valence electrons. The Bertz CT molecular complexity index is 939. The van der Waals surface area contributed by atoms with Crippen molar-refractivity contribution in [1.82, 2.24) is 0 Å². The molecule has 0 amide bonds. The average Bonchev–Trinajstić information content (AvgIpc) is 3.95. The summed E-state index contributed by atoms with van der Waals surface area (Å²) in [4.78, 5) is 0. The van der Waals surface area contributed by atoms with Gasteiger partial charge in [-0.25, -0.2) is 0 Å². The van der Waals surface area contributed by atoms with E-state index in [1.54, 1.807) is 41.5 Å². The van der Waals surface area contributed by atoms with Gasteiger partial charge in [0.15, 0.2) is 0 Å². The van der Waals surface area contributed by atoms with Gasteiger partial charge in [0.25, 0.3) is 0 Å². The maximum atomic E-state index is 9.09. The summed E-state index contributed by atoms with van der Waals surface area (Å²) in [5.41, 5.74) is 0. The maximum absolute atomic E-state index is 9.09. The fourth-order valence-electron chi connectivity index (χ4n) is 6.12. The van der Waals surface area contributed by atoms with Crippen molar-refractivity contribution in [3.05, 3.63) is 0 Å². The molecule has 0 aliphatic carbocycles. The third kappa shape index (κ3) is 16.4. The first-order valence-electron chi connectivity index (χ1n) is 18.8. The highest BCUT2D eigenvalue weighted by Crippen LogP contribution is 2.22. The molecule has 0 aromatic rings. The number of ether oxygens (including phenoxy) is 6. The molecule has 0 radical (unpaired) electrons. The Labute approximate surface area is 322 Å². The molecule has 0 aromatic carbocycles. The van der Waals surface area contributed by atoms with Crippen LogP contribution in [0.25, 0.3) is 0 Å². The number of rotatable bonds is 4. The van der Waals surface area contributed by atoms with Crippen LogP contribution < -0.4 is 0 Å². The Hall–Kier alpha value is -0.800. The van der Waals surface area contributed by atoms with Gasteiger partial charge in [-0.2, -0.15) is 0 Å². The van der Waals surface area contributed by atoms with Crippen LogP contribution in [0.4, 0.5) is 0 Å². The van der Waals surface area contributed by atoms with Crippen LogP contribution in [0.5, 0.6) is 0 Å². The van der Waals surface area contributed by atoms with Gasteiger partial charge in [0.05, 0.1) is 94.1 Å². The third-order valence-corrected chi connectivity index (χ3v) is 9.96. The lowest BCUT2D eigenvalue weighted by atomic mass is 10.1. The van der Waals surface area contributed by atoms with Crippen LogP contribution in [0.1, 0.15) is 61.3 Å². The maximum Gasteiger partial charge on any atom is 0.111 e. The number of hydrogen-bond donors (Lipinski definition) is 14. The largest absolute Gasteiger partial charge is 0.394 e. The number of aliphatic hydroxyl groups excluding tert-OH is 14. The highest BCUT2D eigenvalue weighted by atomic mass is 16.6. The SMILES string of the molecule is CC1C[C@@H](O)[C@H](CO)O1.CC1OC[C@H](O)[C@@H]1O.CC1O[C@@H](C)[C@H](O)[C@@H]1O.CC1O[C@@H](CO)C[C@@H]1O.CC1O[C@@H](CO)[C@@H](O)[C@@H]1O.CC1O[C@@H](CO)[C@H](O)[C@@H]1O. The minimum Gasteiger partial charge on any atom is -0.394 e. The van der Waals surface area contributed by atoms with E-state index in [1.165, 1.54) is 0 Å². The van der Waals surface area contributed by atoms with E-state index in [-0.39, 0.29) is 94.1 Å². The molecule has 6 rings (SSSR count). The quantitative estimate of drug-likeness (QED) is 0.126. The van der Waals surface area contributed by atoms with Crippen molar-refractivity contribution < 1.29 is 99.9 Å². The van der Waals surface area contributed by atoms with E-state index in [0.29, 0.717) is 12.8 Å². The molecule has 20 heteroatoms. The molecular formula is C35H70O20. The molecule has 0 bridgehead atoms. The van der Waals surface area contributed by atoms with Crippen molar-refractivity contribution in [2.45, 2.75) is 189 Å². The van der Waals surface area contributed by atoms with Crippen molar-refractivity contribution in [1.29, 1.82) is 0 Å². The molecule has 20 nitrogen and oxygen atoms in total. The summed E-state index contributed by atoms with van der Waals surface area (Å²) in [5.74, 6) is 0. The van der Waals surface area contributed by atoms with Gasteiger partial charge in [-0.15, -0.1) is 0 Å². The lowest BCUT2D eigenvalue weighted by molar-refractivity contribution is -0.0171. The van der Waals surface area contributed by atoms with Gasteiger partial charge in [-0.3, -0.25) is 0 Å². The summed E-state index contributed by atoms with van der Waals surface area (Å²) in [6.07, 6.45) is -9.21. The molecule has 55 heavy (non-hydrogen) atoms. The highest BCUT2D eigenvalue weighted by Gasteiger charge is 2.41. The van der Waals surface area contributed by atoms with Crippen molar-refractivity contribution in [3.8, 4) is 0 Å². The van der Waals surface area contributed by atoms with E-state index in [9.17, 15) is 0 Å². The second-order valence-electron chi connectivity index (χ2n) is 14.6. The van der Waals surface area contributed by atoms with Crippen molar-refractivity contribution in [2.75, 3.05) is 33.0 Å². The summed E-state index contributed by atoms with van der Waals surface area (Å²) < 4.78 is 30.2. The predicted molar refractivity (Wildman–Crippen MR) is 190 cm³/mol. The van der Waals surface area contributed by atoms with E-state index < -0.39 is 67.1 Å². The molecular weight excluding hydrogens is 740 g/mol. The van der Waals surface area contributed by atoms with Gasteiger partial charge >= 0.3 is 0 Å². The highest BCUT2D eigenvalue weighted by molar-refractivity contribution is 4.89. The molecule has 6 saturated heterocycles. The molecule has 6 aliphatic rings. The lowest BCUT2D eigenvalue weighted by Crippen LogP contribution is -2.33. The average molecular weight is 811 g/mol. The second kappa shape index (κ2) is 25.6. The third-order valence-electron chi connectivity index (χ3n) is 9.96. The zero-order valence-electron chi connectivity index (χ0n) is 32.8. The molecule has 0 spiro atoms. The molecule has 0 aromatic heterocycles. The zero-order valence-corrected chi connectivity index (χ0v) is 32.8. The second-order valence-corrected chi connectivity index (χ2v) is 14.6. The van der Waals surface area contributed by atoms with Crippen molar-refractivity contribution >= 4 is 0 Å². The first-order chi connectivity index (χ1) is 25.6. The Kier molecular flexibility index (Phi) is 24.3.